The van der Waals surface area contributed by atoms with Crippen molar-refractivity contribution < 1.29 is 14.1 Å². The first-order valence-corrected chi connectivity index (χ1v) is 11.6. The number of rotatable bonds is 7. The van der Waals surface area contributed by atoms with Crippen LogP contribution in [-0.2, 0) is 16.6 Å². The molecule has 0 spiro atoms. The second-order valence-corrected chi connectivity index (χ2v) is 8.82. The molecule has 1 heterocycles. The summed E-state index contributed by atoms with van der Waals surface area (Å²) in [6.07, 6.45) is 1.97. The standard InChI is InChI=1S/C29H25N3O3/c1-20-26(31-28(33)34-18-15-21-5-3-2-4-6-21)27(35-32-20)24-9-7-22(8-10-24)23-11-13-25(14-12-23)29(19-30)16-17-29/h2-14H,15-18H2,1H3,(H,31,33). The molecule has 0 radical (unpaired) electrons. The third-order valence-electron chi connectivity index (χ3n) is 6.44. The lowest BCUT2D eigenvalue weighted by atomic mass is 9.94. The zero-order valence-electron chi connectivity index (χ0n) is 19.5. The number of nitrogens with one attached hydrogen (secondary N) is 1. The Morgan fingerprint density at radius 1 is 1.00 bits per heavy atom. The normalized spacial score (nSPS) is 13.6. The van der Waals surface area contributed by atoms with Crippen molar-refractivity contribution in [3.05, 3.63) is 95.7 Å². The van der Waals surface area contributed by atoms with Gasteiger partial charge >= 0.3 is 6.09 Å². The quantitative estimate of drug-likeness (QED) is 0.331. The van der Waals surface area contributed by atoms with E-state index in [1.807, 2.05) is 66.7 Å². The highest BCUT2D eigenvalue weighted by molar-refractivity contribution is 5.90. The van der Waals surface area contributed by atoms with Crippen LogP contribution >= 0.6 is 0 Å². The van der Waals surface area contributed by atoms with Crippen LogP contribution in [0, 0.1) is 18.3 Å². The Bertz CT molecular complexity index is 1360. The van der Waals surface area contributed by atoms with Crippen molar-refractivity contribution in [1.29, 1.82) is 5.26 Å². The summed E-state index contributed by atoms with van der Waals surface area (Å²) < 4.78 is 10.9. The van der Waals surface area contributed by atoms with E-state index in [9.17, 15) is 10.1 Å². The first kappa shape index (κ1) is 22.4. The molecule has 3 aromatic carbocycles. The van der Waals surface area contributed by atoms with Crippen LogP contribution in [0.25, 0.3) is 22.5 Å². The van der Waals surface area contributed by atoms with Gasteiger partial charge in [0.25, 0.3) is 0 Å². The molecule has 1 aliphatic rings. The largest absolute Gasteiger partial charge is 0.449 e. The molecule has 0 aliphatic heterocycles. The number of carbonyl (C=O) groups excluding carboxylic acids is 1. The van der Waals surface area contributed by atoms with Crippen LogP contribution in [0.2, 0.25) is 0 Å². The van der Waals surface area contributed by atoms with Gasteiger partial charge in [0.05, 0.1) is 18.1 Å². The average molecular weight is 464 g/mol. The fourth-order valence-corrected chi connectivity index (χ4v) is 4.14. The summed E-state index contributed by atoms with van der Waals surface area (Å²) in [5, 5.41) is 16.2. The van der Waals surface area contributed by atoms with Crippen LogP contribution < -0.4 is 5.32 Å². The minimum atomic E-state index is -0.545. The van der Waals surface area contributed by atoms with E-state index in [0.29, 0.717) is 23.6 Å². The summed E-state index contributed by atoms with van der Waals surface area (Å²) in [5.74, 6) is 0.481. The highest BCUT2D eigenvalue weighted by Gasteiger charge is 2.44. The third-order valence-corrected chi connectivity index (χ3v) is 6.44. The SMILES string of the molecule is Cc1noc(-c2ccc(-c3ccc(C4(C#N)CC4)cc3)cc2)c1NC(=O)OCCc1ccccc1. The van der Waals surface area contributed by atoms with E-state index in [-0.39, 0.29) is 12.0 Å². The number of aryl methyl sites for hydroxylation is 1. The van der Waals surface area contributed by atoms with Crippen LogP contribution in [0.5, 0.6) is 0 Å². The smallest absolute Gasteiger partial charge is 0.411 e. The minimum absolute atomic E-state index is 0.276. The summed E-state index contributed by atoms with van der Waals surface area (Å²) in [6, 6.07) is 28.4. The number of ether oxygens (including phenoxy) is 1. The van der Waals surface area contributed by atoms with Gasteiger partial charge in [-0.05, 0) is 42.0 Å². The summed E-state index contributed by atoms with van der Waals surface area (Å²) in [5.41, 5.74) is 5.91. The Morgan fingerprint density at radius 2 is 1.63 bits per heavy atom. The molecule has 35 heavy (non-hydrogen) atoms. The molecule has 1 aliphatic carbocycles. The predicted molar refractivity (Wildman–Crippen MR) is 134 cm³/mol. The number of benzene rings is 3. The fourth-order valence-electron chi connectivity index (χ4n) is 4.14. The Labute approximate surface area is 204 Å². The number of carbonyl (C=O) groups is 1. The van der Waals surface area contributed by atoms with Gasteiger partial charge in [-0.3, -0.25) is 5.32 Å². The molecular formula is C29H25N3O3. The zero-order valence-corrected chi connectivity index (χ0v) is 19.5. The van der Waals surface area contributed by atoms with E-state index in [1.165, 1.54) is 0 Å². The summed E-state index contributed by atoms with van der Waals surface area (Å²) >= 11 is 0. The lowest BCUT2D eigenvalue weighted by Gasteiger charge is -2.09. The van der Waals surface area contributed by atoms with E-state index in [1.54, 1.807) is 6.92 Å². The Hall–Kier alpha value is -4.37. The van der Waals surface area contributed by atoms with E-state index in [0.717, 1.165) is 40.7 Å². The van der Waals surface area contributed by atoms with Gasteiger partial charge in [-0.25, -0.2) is 4.79 Å². The van der Waals surface area contributed by atoms with Gasteiger partial charge in [0, 0.05) is 12.0 Å². The average Bonchev–Trinajstić information content (AvgIpc) is 3.63. The van der Waals surface area contributed by atoms with Crippen LogP contribution in [0.1, 0.15) is 29.7 Å². The minimum Gasteiger partial charge on any atom is -0.449 e. The number of nitriles is 1. The molecule has 0 unspecified atom stereocenters. The maximum atomic E-state index is 12.4. The topological polar surface area (TPSA) is 88.2 Å². The lowest BCUT2D eigenvalue weighted by molar-refractivity contribution is 0.163. The van der Waals surface area contributed by atoms with Crippen molar-refractivity contribution in [3.63, 3.8) is 0 Å². The van der Waals surface area contributed by atoms with Crippen molar-refractivity contribution >= 4 is 11.8 Å². The molecule has 1 amide bonds. The van der Waals surface area contributed by atoms with Crippen molar-refractivity contribution in [1.82, 2.24) is 5.16 Å². The fraction of sp³-hybridized carbons (Fsp3) is 0.207. The molecule has 1 aromatic heterocycles. The molecule has 1 saturated carbocycles. The zero-order chi connectivity index (χ0) is 24.3. The van der Waals surface area contributed by atoms with E-state index in [2.05, 4.69) is 28.7 Å². The van der Waals surface area contributed by atoms with E-state index < -0.39 is 6.09 Å². The lowest BCUT2D eigenvalue weighted by Crippen LogP contribution is -2.16. The van der Waals surface area contributed by atoms with Gasteiger partial charge in [-0.1, -0.05) is 84.0 Å². The molecule has 1 fully saturated rings. The first-order chi connectivity index (χ1) is 17.1. The monoisotopic (exact) mass is 463 g/mol. The van der Waals surface area contributed by atoms with Crippen molar-refractivity contribution in [3.8, 4) is 28.5 Å². The second-order valence-electron chi connectivity index (χ2n) is 8.82. The summed E-state index contributed by atoms with van der Waals surface area (Å²) in [4.78, 5) is 12.4. The van der Waals surface area contributed by atoms with Crippen molar-refractivity contribution in [2.45, 2.75) is 31.6 Å². The van der Waals surface area contributed by atoms with Gasteiger partial charge < -0.3 is 9.26 Å². The number of amides is 1. The molecule has 6 heteroatoms. The summed E-state index contributed by atoms with van der Waals surface area (Å²) in [6.45, 7) is 2.05. The van der Waals surface area contributed by atoms with E-state index >= 15 is 0 Å². The molecular weight excluding hydrogens is 438 g/mol. The second kappa shape index (κ2) is 9.47. The number of nitrogens with zero attached hydrogens (tertiary/aromatic N) is 2. The molecule has 0 saturated heterocycles. The first-order valence-electron chi connectivity index (χ1n) is 11.6. The van der Waals surface area contributed by atoms with Gasteiger partial charge in [-0.15, -0.1) is 0 Å². The number of hydrogen-bond donors (Lipinski definition) is 1. The maximum Gasteiger partial charge on any atom is 0.411 e. The van der Waals surface area contributed by atoms with Crippen molar-refractivity contribution in [2.24, 2.45) is 0 Å². The van der Waals surface area contributed by atoms with Gasteiger partial charge in [0.1, 0.15) is 11.4 Å². The van der Waals surface area contributed by atoms with Gasteiger partial charge in [0.2, 0.25) is 0 Å². The molecule has 0 bridgehead atoms. The van der Waals surface area contributed by atoms with Gasteiger partial charge in [0.15, 0.2) is 5.76 Å². The maximum absolute atomic E-state index is 12.4. The molecule has 6 nitrogen and oxygen atoms in total. The van der Waals surface area contributed by atoms with Crippen LogP contribution in [0.3, 0.4) is 0 Å². The molecule has 0 atom stereocenters. The van der Waals surface area contributed by atoms with Crippen LogP contribution in [0.15, 0.2) is 83.4 Å². The molecule has 174 valence electrons. The highest BCUT2D eigenvalue weighted by Crippen LogP contribution is 2.47. The molecule has 1 N–H and O–H groups in total. The van der Waals surface area contributed by atoms with Crippen LogP contribution in [-0.4, -0.2) is 17.9 Å². The molecule has 4 aromatic rings. The van der Waals surface area contributed by atoms with Gasteiger partial charge in [-0.2, -0.15) is 5.26 Å². The highest BCUT2D eigenvalue weighted by atomic mass is 16.5. The molecule has 5 rings (SSSR count). The Morgan fingerprint density at radius 3 is 2.26 bits per heavy atom. The number of aromatic nitrogens is 1. The Balaban J connectivity index is 1.25. The van der Waals surface area contributed by atoms with Crippen molar-refractivity contribution in [2.75, 3.05) is 11.9 Å². The van der Waals surface area contributed by atoms with Crippen LogP contribution in [0.4, 0.5) is 10.5 Å². The number of anilines is 1. The third kappa shape index (κ3) is 4.80. The Kier molecular flexibility index (Phi) is 6.07. The van der Waals surface area contributed by atoms with E-state index in [4.69, 9.17) is 9.26 Å². The predicted octanol–water partition coefficient (Wildman–Crippen LogP) is 6.66. The summed E-state index contributed by atoms with van der Waals surface area (Å²) in [7, 11) is 0. The number of hydrogen-bond acceptors (Lipinski definition) is 5.